The number of rotatable bonds is 3. The number of nitrogens with zero attached hydrogens (tertiary/aromatic N) is 2. The molecule has 2 rings (SSSR count). The number of anilines is 1. The molecule has 0 saturated carbocycles. The normalized spacial score (nSPS) is 10.4. The molecule has 0 fully saturated rings. The summed E-state index contributed by atoms with van der Waals surface area (Å²) in [5.74, 6) is 0.562. The van der Waals surface area contributed by atoms with Crippen molar-refractivity contribution < 1.29 is 0 Å². The van der Waals surface area contributed by atoms with Crippen molar-refractivity contribution in [3.8, 4) is 0 Å². The highest BCUT2D eigenvalue weighted by molar-refractivity contribution is 6.37. The molecule has 5 heteroatoms. The second-order valence-electron chi connectivity index (χ2n) is 4.01. The average molecular weight is 282 g/mol. The number of benzene rings is 1. The van der Waals surface area contributed by atoms with Gasteiger partial charge >= 0.3 is 0 Å². The summed E-state index contributed by atoms with van der Waals surface area (Å²) in [7, 11) is 0. The molecule has 0 saturated heterocycles. The van der Waals surface area contributed by atoms with E-state index in [2.05, 4.69) is 34.3 Å². The first-order chi connectivity index (χ1) is 8.58. The first kappa shape index (κ1) is 13.1. The van der Waals surface area contributed by atoms with Crippen LogP contribution >= 0.6 is 23.2 Å². The van der Waals surface area contributed by atoms with Crippen molar-refractivity contribution in [2.24, 2.45) is 0 Å². The summed E-state index contributed by atoms with van der Waals surface area (Å²) in [6.07, 6.45) is 0. The predicted octanol–water partition coefficient (Wildman–Crippen LogP) is 4.01. The van der Waals surface area contributed by atoms with Gasteiger partial charge in [0.1, 0.15) is 11.5 Å². The highest BCUT2D eigenvalue weighted by atomic mass is 35.5. The quantitative estimate of drug-likeness (QED) is 0.864. The second-order valence-corrected chi connectivity index (χ2v) is 4.72. The molecule has 94 valence electrons. The van der Waals surface area contributed by atoms with Gasteiger partial charge in [-0.3, -0.25) is 0 Å². The molecule has 1 aromatic heterocycles. The zero-order chi connectivity index (χ0) is 13.1. The largest absolute Gasteiger partial charge is 0.376 e. The highest BCUT2D eigenvalue weighted by Crippen LogP contribution is 2.27. The van der Waals surface area contributed by atoms with E-state index in [1.54, 1.807) is 6.92 Å². The molecular formula is C13H13Cl2N3. The maximum atomic E-state index is 6.04. The Morgan fingerprint density at radius 3 is 2.28 bits per heavy atom. The monoisotopic (exact) mass is 281 g/mol. The van der Waals surface area contributed by atoms with E-state index in [1.807, 2.05) is 12.1 Å². The third-order valence-corrected chi connectivity index (χ3v) is 3.20. The molecule has 0 unspecified atom stereocenters. The molecule has 1 heterocycles. The summed E-state index contributed by atoms with van der Waals surface area (Å²) in [6, 6.07) is 8.12. The van der Waals surface area contributed by atoms with E-state index < -0.39 is 0 Å². The molecule has 2 aromatic rings. The minimum absolute atomic E-state index is 0.348. The lowest BCUT2D eigenvalue weighted by molar-refractivity contribution is 1.03. The third-order valence-electron chi connectivity index (χ3n) is 2.65. The van der Waals surface area contributed by atoms with Gasteiger partial charge in [-0.1, -0.05) is 47.5 Å². The van der Waals surface area contributed by atoms with E-state index in [9.17, 15) is 0 Å². The smallest absolute Gasteiger partial charge is 0.157 e. The Morgan fingerprint density at radius 2 is 1.67 bits per heavy atom. The molecule has 0 aliphatic carbocycles. The van der Waals surface area contributed by atoms with Crippen molar-refractivity contribution in [3.05, 3.63) is 51.5 Å². The Hall–Kier alpha value is -1.32. The molecule has 3 nitrogen and oxygen atoms in total. The van der Waals surface area contributed by atoms with Gasteiger partial charge in [0.15, 0.2) is 10.3 Å². The number of aryl methyl sites for hydroxylation is 2. The number of nitrogens with one attached hydrogen (secondary N) is 1. The Bertz CT molecular complexity index is 547. The van der Waals surface area contributed by atoms with Crippen LogP contribution in [0.5, 0.6) is 0 Å². The Labute approximate surface area is 116 Å². The van der Waals surface area contributed by atoms with Crippen molar-refractivity contribution in [2.75, 3.05) is 5.32 Å². The number of hydrogen-bond donors (Lipinski definition) is 1. The maximum absolute atomic E-state index is 6.04. The first-order valence-electron chi connectivity index (χ1n) is 5.56. The zero-order valence-corrected chi connectivity index (χ0v) is 11.7. The Kier molecular flexibility index (Phi) is 4.04. The third kappa shape index (κ3) is 2.92. The molecule has 0 amide bonds. The summed E-state index contributed by atoms with van der Waals surface area (Å²) in [4.78, 5) is 8.15. The molecule has 0 atom stereocenters. The number of hydrogen-bond acceptors (Lipinski definition) is 3. The summed E-state index contributed by atoms with van der Waals surface area (Å²) in [6.45, 7) is 4.45. The van der Waals surface area contributed by atoms with Crippen LogP contribution in [0.15, 0.2) is 24.3 Å². The van der Waals surface area contributed by atoms with E-state index in [4.69, 9.17) is 23.2 Å². The van der Waals surface area contributed by atoms with Crippen LogP contribution in [0.4, 0.5) is 5.69 Å². The number of halogens is 2. The summed E-state index contributed by atoms with van der Waals surface area (Å²) >= 11 is 12.1. The van der Waals surface area contributed by atoms with Crippen LogP contribution in [0.2, 0.25) is 10.3 Å². The fourth-order valence-corrected chi connectivity index (χ4v) is 2.25. The lowest BCUT2D eigenvalue weighted by Gasteiger charge is -2.11. The molecule has 0 aliphatic heterocycles. The molecule has 18 heavy (non-hydrogen) atoms. The summed E-state index contributed by atoms with van der Waals surface area (Å²) in [5, 5.41) is 3.87. The van der Waals surface area contributed by atoms with Crippen LogP contribution in [0.3, 0.4) is 0 Å². The molecule has 0 aliphatic rings. The predicted molar refractivity (Wildman–Crippen MR) is 75.3 cm³/mol. The van der Waals surface area contributed by atoms with Crippen LogP contribution in [0, 0.1) is 13.8 Å². The maximum Gasteiger partial charge on any atom is 0.157 e. The lowest BCUT2D eigenvalue weighted by atomic mass is 10.1. The van der Waals surface area contributed by atoms with Gasteiger partial charge in [-0.05, 0) is 25.0 Å². The van der Waals surface area contributed by atoms with Gasteiger partial charge in [0.2, 0.25) is 0 Å². The average Bonchev–Trinajstić information content (AvgIpc) is 2.30. The van der Waals surface area contributed by atoms with Crippen molar-refractivity contribution in [1.82, 2.24) is 9.97 Å². The van der Waals surface area contributed by atoms with E-state index in [0.717, 1.165) is 0 Å². The lowest BCUT2D eigenvalue weighted by Crippen LogP contribution is -2.04. The minimum Gasteiger partial charge on any atom is -0.376 e. The molecule has 1 N–H and O–H groups in total. The van der Waals surface area contributed by atoms with Crippen LogP contribution in [-0.4, -0.2) is 9.97 Å². The van der Waals surface area contributed by atoms with Crippen molar-refractivity contribution in [2.45, 2.75) is 20.4 Å². The summed E-state index contributed by atoms with van der Waals surface area (Å²) in [5.41, 5.74) is 2.97. The Morgan fingerprint density at radius 1 is 1.06 bits per heavy atom. The zero-order valence-electron chi connectivity index (χ0n) is 10.2. The first-order valence-corrected chi connectivity index (χ1v) is 6.31. The van der Waals surface area contributed by atoms with Gasteiger partial charge in [-0.25, -0.2) is 9.97 Å². The molecular weight excluding hydrogens is 269 g/mol. The molecule has 0 spiro atoms. The van der Waals surface area contributed by atoms with Gasteiger partial charge in [-0.15, -0.1) is 0 Å². The minimum atomic E-state index is 0.348. The van der Waals surface area contributed by atoms with E-state index in [1.165, 1.54) is 11.1 Å². The fraction of sp³-hybridized carbons (Fsp3) is 0.231. The van der Waals surface area contributed by atoms with Gasteiger partial charge in [0.25, 0.3) is 0 Å². The van der Waals surface area contributed by atoms with E-state index in [-0.39, 0.29) is 0 Å². The highest BCUT2D eigenvalue weighted by Gasteiger charge is 2.09. The van der Waals surface area contributed by atoms with E-state index >= 15 is 0 Å². The molecule has 1 aromatic carbocycles. The summed E-state index contributed by atoms with van der Waals surface area (Å²) < 4.78 is 0. The topological polar surface area (TPSA) is 37.8 Å². The van der Waals surface area contributed by atoms with E-state index in [0.29, 0.717) is 28.4 Å². The SMILES string of the molecule is Cc1nc(Cl)c(NCc2ccccc2C)c(Cl)n1. The van der Waals surface area contributed by atoms with Crippen LogP contribution in [0.25, 0.3) is 0 Å². The standard InChI is InChI=1S/C13H13Cl2N3/c1-8-5-3-4-6-10(8)7-16-11-12(14)17-9(2)18-13(11)15/h3-6,16H,7H2,1-2H3. The number of aromatic nitrogens is 2. The fourth-order valence-electron chi connectivity index (χ4n) is 1.64. The second kappa shape index (κ2) is 5.55. The van der Waals surface area contributed by atoms with Crippen LogP contribution < -0.4 is 5.32 Å². The van der Waals surface area contributed by atoms with Gasteiger partial charge in [0, 0.05) is 6.54 Å². The van der Waals surface area contributed by atoms with Gasteiger partial charge in [0.05, 0.1) is 0 Å². The molecule has 0 radical (unpaired) electrons. The van der Waals surface area contributed by atoms with Crippen LogP contribution in [0.1, 0.15) is 17.0 Å². The van der Waals surface area contributed by atoms with Gasteiger partial charge in [-0.2, -0.15) is 0 Å². The van der Waals surface area contributed by atoms with Crippen molar-refractivity contribution >= 4 is 28.9 Å². The molecule has 0 bridgehead atoms. The van der Waals surface area contributed by atoms with Crippen molar-refractivity contribution in [3.63, 3.8) is 0 Å². The van der Waals surface area contributed by atoms with Crippen molar-refractivity contribution in [1.29, 1.82) is 0 Å². The Balaban J connectivity index is 2.19. The van der Waals surface area contributed by atoms with Crippen LogP contribution in [-0.2, 0) is 6.54 Å². The van der Waals surface area contributed by atoms with Gasteiger partial charge < -0.3 is 5.32 Å².